The highest BCUT2D eigenvalue weighted by Crippen LogP contribution is 2.13. The number of halogens is 1. The number of aliphatic carboxylic acids is 1. The molecule has 0 spiro atoms. The van der Waals surface area contributed by atoms with Crippen molar-refractivity contribution in [2.24, 2.45) is 5.92 Å². The molecule has 0 heterocycles. The van der Waals surface area contributed by atoms with Crippen LogP contribution in [-0.4, -0.2) is 29.6 Å². The first-order valence-corrected chi connectivity index (χ1v) is 7.19. The number of carboxylic acids is 1. The highest BCUT2D eigenvalue weighted by molar-refractivity contribution is 9.10. The van der Waals surface area contributed by atoms with Crippen LogP contribution < -0.4 is 10.6 Å². The van der Waals surface area contributed by atoms with E-state index in [1.807, 2.05) is 26.0 Å². The Hall–Kier alpha value is -1.40. The standard InChI is InChI=1S/C14H19BrN2O3/c1-9(2)7-12(14(19)20)16-8-13(18)17-11-5-3-10(15)4-6-11/h3-6,9,12,16H,7-8H2,1-2H3,(H,17,18)(H,19,20). The first-order valence-electron chi connectivity index (χ1n) is 6.40. The molecular formula is C14H19BrN2O3. The Morgan fingerprint density at radius 1 is 1.25 bits per heavy atom. The Bertz CT molecular complexity index is 460. The van der Waals surface area contributed by atoms with Crippen molar-refractivity contribution in [3.63, 3.8) is 0 Å². The average Bonchev–Trinajstić information content (AvgIpc) is 2.36. The molecule has 6 heteroatoms. The van der Waals surface area contributed by atoms with E-state index >= 15 is 0 Å². The van der Waals surface area contributed by atoms with Gasteiger partial charge in [-0.1, -0.05) is 29.8 Å². The van der Waals surface area contributed by atoms with Crippen LogP contribution in [0.25, 0.3) is 0 Å². The van der Waals surface area contributed by atoms with Crippen LogP contribution in [-0.2, 0) is 9.59 Å². The quantitative estimate of drug-likeness (QED) is 0.711. The van der Waals surface area contributed by atoms with Gasteiger partial charge in [0.2, 0.25) is 5.91 Å². The van der Waals surface area contributed by atoms with E-state index in [0.717, 1.165) is 4.47 Å². The molecule has 20 heavy (non-hydrogen) atoms. The number of nitrogens with one attached hydrogen (secondary N) is 2. The molecule has 5 nitrogen and oxygen atoms in total. The van der Waals surface area contributed by atoms with Gasteiger partial charge in [0.25, 0.3) is 0 Å². The van der Waals surface area contributed by atoms with Crippen molar-refractivity contribution in [2.45, 2.75) is 26.3 Å². The van der Waals surface area contributed by atoms with Crippen molar-refractivity contribution >= 4 is 33.5 Å². The van der Waals surface area contributed by atoms with Crippen molar-refractivity contribution in [3.05, 3.63) is 28.7 Å². The van der Waals surface area contributed by atoms with Crippen molar-refractivity contribution < 1.29 is 14.7 Å². The van der Waals surface area contributed by atoms with E-state index in [0.29, 0.717) is 12.1 Å². The van der Waals surface area contributed by atoms with Gasteiger partial charge in [-0.3, -0.25) is 14.9 Å². The largest absolute Gasteiger partial charge is 0.480 e. The molecule has 0 aliphatic carbocycles. The van der Waals surface area contributed by atoms with E-state index < -0.39 is 12.0 Å². The summed E-state index contributed by atoms with van der Waals surface area (Å²) >= 11 is 3.31. The second-order valence-corrected chi connectivity index (χ2v) is 5.87. The van der Waals surface area contributed by atoms with Crippen molar-refractivity contribution in [1.29, 1.82) is 0 Å². The lowest BCUT2D eigenvalue weighted by Crippen LogP contribution is -2.42. The molecule has 1 aromatic carbocycles. The van der Waals surface area contributed by atoms with E-state index in [1.165, 1.54) is 0 Å². The summed E-state index contributed by atoms with van der Waals surface area (Å²) in [6, 6.07) is 6.48. The highest BCUT2D eigenvalue weighted by Gasteiger charge is 2.19. The van der Waals surface area contributed by atoms with Crippen LogP contribution in [0, 0.1) is 5.92 Å². The summed E-state index contributed by atoms with van der Waals surface area (Å²) in [4.78, 5) is 22.8. The zero-order valence-electron chi connectivity index (χ0n) is 11.5. The van der Waals surface area contributed by atoms with Crippen LogP contribution in [0.1, 0.15) is 20.3 Å². The molecule has 0 saturated heterocycles. The van der Waals surface area contributed by atoms with Crippen LogP contribution in [0.4, 0.5) is 5.69 Å². The molecular weight excluding hydrogens is 324 g/mol. The fourth-order valence-corrected chi connectivity index (χ4v) is 1.96. The number of carbonyl (C=O) groups is 2. The van der Waals surface area contributed by atoms with E-state index in [4.69, 9.17) is 5.11 Å². The van der Waals surface area contributed by atoms with Crippen LogP contribution in [0.15, 0.2) is 28.7 Å². The fraction of sp³-hybridized carbons (Fsp3) is 0.429. The number of benzene rings is 1. The third kappa shape index (κ3) is 6.16. The number of amides is 1. The van der Waals surface area contributed by atoms with Crippen LogP contribution >= 0.6 is 15.9 Å². The average molecular weight is 343 g/mol. The van der Waals surface area contributed by atoms with Gasteiger partial charge in [-0.15, -0.1) is 0 Å². The zero-order valence-corrected chi connectivity index (χ0v) is 13.1. The van der Waals surface area contributed by atoms with E-state index in [-0.39, 0.29) is 18.4 Å². The minimum absolute atomic E-state index is 0.0280. The number of hydrogen-bond donors (Lipinski definition) is 3. The van der Waals surface area contributed by atoms with Gasteiger partial charge in [0.05, 0.1) is 6.54 Å². The third-order valence-electron chi connectivity index (χ3n) is 2.64. The number of carboxylic acid groups (broad SMARTS) is 1. The molecule has 1 aromatic rings. The third-order valence-corrected chi connectivity index (χ3v) is 3.17. The van der Waals surface area contributed by atoms with Crippen LogP contribution in [0.2, 0.25) is 0 Å². The van der Waals surface area contributed by atoms with Gasteiger partial charge in [-0.2, -0.15) is 0 Å². The lowest BCUT2D eigenvalue weighted by Gasteiger charge is -2.16. The summed E-state index contributed by atoms with van der Waals surface area (Å²) in [6.07, 6.45) is 0.487. The molecule has 0 aliphatic heterocycles. The highest BCUT2D eigenvalue weighted by atomic mass is 79.9. The Kier molecular flexibility index (Phi) is 6.67. The lowest BCUT2D eigenvalue weighted by molar-refractivity contribution is -0.139. The minimum atomic E-state index is -0.935. The molecule has 0 bridgehead atoms. The predicted molar refractivity (Wildman–Crippen MR) is 81.7 cm³/mol. The Morgan fingerprint density at radius 3 is 2.35 bits per heavy atom. The van der Waals surface area contributed by atoms with Crippen LogP contribution in [0.5, 0.6) is 0 Å². The maximum atomic E-state index is 11.7. The molecule has 1 atom stereocenters. The number of hydrogen-bond acceptors (Lipinski definition) is 3. The van der Waals surface area contributed by atoms with Crippen LogP contribution in [0.3, 0.4) is 0 Å². The molecule has 0 radical (unpaired) electrons. The maximum Gasteiger partial charge on any atom is 0.320 e. The summed E-state index contributed by atoms with van der Waals surface area (Å²) in [5.74, 6) is -0.949. The topological polar surface area (TPSA) is 78.4 Å². The maximum absolute atomic E-state index is 11.7. The summed E-state index contributed by atoms with van der Waals surface area (Å²) < 4.78 is 0.927. The molecule has 0 saturated carbocycles. The summed E-state index contributed by atoms with van der Waals surface area (Å²) in [5.41, 5.74) is 0.677. The normalized spacial score (nSPS) is 12.2. The second kappa shape index (κ2) is 8.01. The Labute approximate surface area is 126 Å². The SMILES string of the molecule is CC(C)CC(NCC(=O)Nc1ccc(Br)cc1)C(=O)O. The van der Waals surface area contributed by atoms with Gasteiger partial charge < -0.3 is 10.4 Å². The fourth-order valence-electron chi connectivity index (χ4n) is 1.70. The predicted octanol–water partition coefficient (Wildman–Crippen LogP) is 2.48. The van der Waals surface area contributed by atoms with Crippen molar-refractivity contribution in [2.75, 3.05) is 11.9 Å². The zero-order chi connectivity index (χ0) is 15.1. The smallest absolute Gasteiger partial charge is 0.320 e. The lowest BCUT2D eigenvalue weighted by atomic mass is 10.0. The van der Waals surface area contributed by atoms with Crippen molar-refractivity contribution in [3.8, 4) is 0 Å². The number of anilines is 1. The molecule has 0 aromatic heterocycles. The molecule has 3 N–H and O–H groups in total. The van der Waals surface area contributed by atoms with Gasteiger partial charge >= 0.3 is 5.97 Å². The summed E-state index contributed by atoms with van der Waals surface area (Å²) in [7, 11) is 0. The number of carbonyl (C=O) groups excluding carboxylic acids is 1. The van der Waals surface area contributed by atoms with Gasteiger partial charge in [0.1, 0.15) is 6.04 Å². The molecule has 110 valence electrons. The van der Waals surface area contributed by atoms with E-state index in [9.17, 15) is 9.59 Å². The molecule has 0 fully saturated rings. The van der Waals surface area contributed by atoms with E-state index in [2.05, 4.69) is 26.6 Å². The molecule has 1 amide bonds. The first-order chi connectivity index (χ1) is 9.38. The molecule has 0 aliphatic rings. The van der Waals surface area contributed by atoms with Gasteiger partial charge in [-0.25, -0.2) is 0 Å². The van der Waals surface area contributed by atoms with Gasteiger partial charge in [0, 0.05) is 10.2 Å². The monoisotopic (exact) mass is 342 g/mol. The number of rotatable bonds is 7. The summed E-state index contributed by atoms with van der Waals surface area (Å²) in [6.45, 7) is 3.86. The Balaban J connectivity index is 2.45. The minimum Gasteiger partial charge on any atom is -0.480 e. The van der Waals surface area contributed by atoms with Gasteiger partial charge in [0.15, 0.2) is 0 Å². The van der Waals surface area contributed by atoms with E-state index in [1.54, 1.807) is 12.1 Å². The summed E-state index contributed by atoms with van der Waals surface area (Å²) in [5, 5.41) is 14.5. The Morgan fingerprint density at radius 2 is 1.85 bits per heavy atom. The van der Waals surface area contributed by atoms with Crippen molar-refractivity contribution in [1.82, 2.24) is 5.32 Å². The molecule has 1 rings (SSSR count). The first kappa shape index (κ1) is 16.7. The second-order valence-electron chi connectivity index (χ2n) is 4.96. The molecule has 1 unspecified atom stereocenters. The van der Waals surface area contributed by atoms with Gasteiger partial charge in [-0.05, 0) is 36.6 Å².